The molecule has 1 amide bonds. The SMILES string of the molecule is CC(=O)C1C2CC(C)(C)O[C@H]2CN1C(C)=O. The van der Waals surface area contributed by atoms with Gasteiger partial charge in [-0.25, -0.2) is 0 Å². The molecule has 0 aromatic carbocycles. The number of hydrogen-bond acceptors (Lipinski definition) is 3. The van der Waals surface area contributed by atoms with Crippen molar-refractivity contribution in [1.82, 2.24) is 4.90 Å². The minimum Gasteiger partial charge on any atom is -0.370 e. The van der Waals surface area contributed by atoms with E-state index in [1.165, 1.54) is 6.92 Å². The quantitative estimate of drug-likeness (QED) is 0.668. The number of likely N-dealkylation sites (tertiary alicyclic amines) is 1. The molecule has 16 heavy (non-hydrogen) atoms. The second-order valence-corrected chi connectivity index (χ2v) is 5.51. The van der Waals surface area contributed by atoms with E-state index in [-0.39, 0.29) is 35.4 Å². The highest BCUT2D eigenvalue weighted by molar-refractivity contribution is 5.88. The minimum atomic E-state index is -0.274. The molecule has 2 fully saturated rings. The van der Waals surface area contributed by atoms with Gasteiger partial charge in [-0.1, -0.05) is 0 Å². The molecular weight excluding hydrogens is 206 g/mol. The van der Waals surface area contributed by atoms with Crippen molar-refractivity contribution in [2.45, 2.75) is 51.9 Å². The summed E-state index contributed by atoms with van der Waals surface area (Å²) in [4.78, 5) is 24.8. The molecule has 0 bridgehead atoms. The Kier molecular flexibility index (Phi) is 2.57. The van der Waals surface area contributed by atoms with Gasteiger partial charge >= 0.3 is 0 Å². The number of ketones is 1. The average molecular weight is 225 g/mol. The zero-order valence-electron chi connectivity index (χ0n) is 10.3. The molecule has 0 spiro atoms. The molecular formula is C12H19NO3. The monoisotopic (exact) mass is 225 g/mol. The molecule has 0 radical (unpaired) electrons. The normalized spacial score (nSPS) is 36.2. The van der Waals surface area contributed by atoms with Crippen molar-refractivity contribution in [2.75, 3.05) is 6.54 Å². The summed E-state index contributed by atoms with van der Waals surface area (Å²) in [6.07, 6.45) is 0.888. The molecule has 4 nitrogen and oxygen atoms in total. The number of Topliss-reactive ketones (excluding diaryl/α,β-unsaturated/α-hetero) is 1. The third-order valence-electron chi connectivity index (χ3n) is 3.61. The lowest BCUT2D eigenvalue weighted by Crippen LogP contribution is -2.42. The van der Waals surface area contributed by atoms with Crippen LogP contribution in [0.25, 0.3) is 0 Å². The summed E-state index contributed by atoms with van der Waals surface area (Å²) >= 11 is 0. The van der Waals surface area contributed by atoms with E-state index in [0.717, 1.165) is 6.42 Å². The molecule has 0 saturated carbocycles. The number of rotatable bonds is 1. The molecule has 2 aliphatic rings. The molecule has 0 aliphatic carbocycles. The lowest BCUT2D eigenvalue weighted by molar-refractivity contribution is -0.136. The van der Waals surface area contributed by atoms with E-state index in [9.17, 15) is 9.59 Å². The van der Waals surface area contributed by atoms with Crippen molar-refractivity contribution in [3.8, 4) is 0 Å². The topological polar surface area (TPSA) is 46.6 Å². The standard InChI is InChI=1S/C12H19NO3/c1-7(14)11-9-5-12(3,4)16-10(9)6-13(11)8(2)15/h9-11H,5-6H2,1-4H3/t9?,10-,11?/m0/s1. The van der Waals surface area contributed by atoms with Crippen molar-refractivity contribution < 1.29 is 14.3 Å². The summed E-state index contributed by atoms with van der Waals surface area (Å²) in [5, 5.41) is 0. The maximum absolute atomic E-state index is 11.7. The van der Waals surface area contributed by atoms with Crippen molar-refractivity contribution >= 4 is 11.7 Å². The Labute approximate surface area is 95.9 Å². The Morgan fingerprint density at radius 1 is 1.31 bits per heavy atom. The zero-order chi connectivity index (χ0) is 12.1. The Morgan fingerprint density at radius 2 is 1.94 bits per heavy atom. The van der Waals surface area contributed by atoms with E-state index in [2.05, 4.69) is 0 Å². The Morgan fingerprint density at radius 3 is 2.44 bits per heavy atom. The minimum absolute atomic E-state index is 0.0315. The largest absolute Gasteiger partial charge is 0.370 e. The molecule has 3 atom stereocenters. The lowest BCUT2D eigenvalue weighted by Gasteiger charge is -2.27. The highest BCUT2D eigenvalue weighted by atomic mass is 16.5. The second-order valence-electron chi connectivity index (χ2n) is 5.51. The molecule has 0 N–H and O–H groups in total. The van der Waals surface area contributed by atoms with E-state index in [1.807, 2.05) is 13.8 Å². The predicted molar refractivity (Wildman–Crippen MR) is 58.9 cm³/mol. The van der Waals surface area contributed by atoms with Crippen LogP contribution in [0.4, 0.5) is 0 Å². The number of fused-ring (bicyclic) bond motifs is 1. The van der Waals surface area contributed by atoms with Crippen molar-refractivity contribution in [1.29, 1.82) is 0 Å². The van der Waals surface area contributed by atoms with Gasteiger partial charge in [0.1, 0.15) is 0 Å². The molecule has 2 heterocycles. The van der Waals surface area contributed by atoms with Gasteiger partial charge in [-0.05, 0) is 27.2 Å². The molecule has 90 valence electrons. The third kappa shape index (κ3) is 1.75. The summed E-state index contributed by atoms with van der Waals surface area (Å²) in [6, 6.07) is -0.274. The third-order valence-corrected chi connectivity index (χ3v) is 3.61. The van der Waals surface area contributed by atoms with Crippen molar-refractivity contribution in [3.05, 3.63) is 0 Å². The van der Waals surface area contributed by atoms with Gasteiger partial charge in [-0.2, -0.15) is 0 Å². The van der Waals surface area contributed by atoms with Crippen molar-refractivity contribution in [2.24, 2.45) is 5.92 Å². The lowest BCUT2D eigenvalue weighted by atomic mass is 9.89. The van der Waals surface area contributed by atoms with Crippen LogP contribution < -0.4 is 0 Å². The smallest absolute Gasteiger partial charge is 0.220 e. The average Bonchev–Trinajstić information content (AvgIpc) is 2.54. The fraction of sp³-hybridized carbons (Fsp3) is 0.833. The summed E-state index contributed by atoms with van der Waals surface area (Å²) in [6.45, 7) is 7.73. The first kappa shape index (κ1) is 11.6. The molecule has 2 saturated heterocycles. The van der Waals surface area contributed by atoms with Crippen LogP contribution in [0, 0.1) is 5.92 Å². The highest BCUT2D eigenvalue weighted by Gasteiger charge is 2.53. The maximum Gasteiger partial charge on any atom is 0.220 e. The number of nitrogens with zero attached hydrogens (tertiary/aromatic N) is 1. The van der Waals surface area contributed by atoms with Crippen LogP contribution in [0.5, 0.6) is 0 Å². The van der Waals surface area contributed by atoms with Gasteiger partial charge in [0.15, 0.2) is 5.78 Å². The van der Waals surface area contributed by atoms with Gasteiger partial charge in [0.25, 0.3) is 0 Å². The van der Waals surface area contributed by atoms with E-state index >= 15 is 0 Å². The van der Waals surface area contributed by atoms with E-state index in [1.54, 1.807) is 11.8 Å². The van der Waals surface area contributed by atoms with Crippen LogP contribution in [-0.2, 0) is 14.3 Å². The summed E-state index contributed by atoms with van der Waals surface area (Å²) in [5.74, 6) is 0.219. The van der Waals surface area contributed by atoms with E-state index in [0.29, 0.717) is 6.54 Å². The fourth-order valence-corrected chi connectivity index (χ4v) is 3.12. The molecule has 2 unspecified atom stereocenters. The van der Waals surface area contributed by atoms with Crippen molar-refractivity contribution in [3.63, 3.8) is 0 Å². The first-order valence-corrected chi connectivity index (χ1v) is 5.77. The number of ether oxygens (including phenoxy) is 1. The van der Waals surface area contributed by atoms with Crippen LogP contribution in [0.1, 0.15) is 34.1 Å². The van der Waals surface area contributed by atoms with Crippen LogP contribution in [-0.4, -0.2) is 40.9 Å². The number of hydrogen-bond donors (Lipinski definition) is 0. The maximum atomic E-state index is 11.7. The van der Waals surface area contributed by atoms with E-state index in [4.69, 9.17) is 4.74 Å². The number of carbonyl (C=O) groups is 2. The Hall–Kier alpha value is -0.900. The Balaban J connectivity index is 2.23. The van der Waals surface area contributed by atoms with Crippen LogP contribution >= 0.6 is 0 Å². The van der Waals surface area contributed by atoms with Crippen LogP contribution in [0.3, 0.4) is 0 Å². The van der Waals surface area contributed by atoms with Crippen LogP contribution in [0.2, 0.25) is 0 Å². The predicted octanol–water partition coefficient (Wildman–Crippen LogP) is 0.990. The summed E-state index contributed by atoms with van der Waals surface area (Å²) in [7, 11) is 0. The molecule has 0 aromatic heterocycles. The molecule has 2 aliphatic heterocycles. The Bertz CT molecular complexity index is 337. The first-order chi connectivity index (χ1) is 7.32. The highest BCUT2D eigenvalue weighted by Crippen LogP contribution is 2.42. The molecule has 0 aromatic rings. The van der Waals surface area contributed by atoms with Gasteiger partial charge in [0, 0.05) is 19.4 Å². The second kappa shape index (κ2) is 3.55. The van der Waals surface area contributed by atoms with Gasteiger partial charge in [-0.3, -0.25) is 9.59 Å². The van der Waals surface area contributed by atoms with Gasteiger partial charge in [-0.15, -0.1) is 0 Å². The zero-order valence-corrected chi connectivity index (χ0v) is 10.3. The fourth-order valence-electron chi connectivity index (χ4n) is 3.12. The summed E-state index contributed by atoms with van der Waals surface area (Å²) < 4.78 is 5.89. The summed E-state index contributed by atoms with van der Waals surface area (Å²) in [5.41, 5.74) is -0.161. The van der Waals surface area contributed by atoms with Gasteiger partial charge in [0.05, 0.1) is 17.7 Å². The van der Waals surface area contributed by atoms with E-state index < -0.39 is 0 Å². The molecule has 2 rings (SSSR count). The van der Waals surface area contributed by atoms with Crippen LogP contribution in [0.15, 0.2) is 0 Å². The first-order valence-electron chi connectivity index (χ1n) is 5.77. The van der Waals surface area contributed by atoms with Gasteiger partial charge in [0.2, 0.25) is 5.91 Å². The molecule has 4 heteroatoms. The number of carbonyl (C=O) groups excluding carboxylic acids is 2. The van der Waals surface area contributed by atoms with Gasteiger partial charge < -0.3 is 9.64 Å². The number of amides is 1.